The molecule has 0 aromatic carbocycles. The topological polar surface area (TPSA) is 274 Å². The van der Waals surface area contributed by atoms with Crippen molar-refractivity contribution in [3.8, 4) is 0 Å². The number of aliphatic hydroxyl groups is 9. The normalized spacial score (nSPS) is 18.3. The quantitative estimate of drug-likeness (QED) is 0.151. The highest BCUT2D eigenvalue weighted by molar-refractivity contribution is 6.34. The second-order valence-corrected chi connectivity index (χ2v) is 4.87. The SMILES string of the molecule is C.O=C(O)C(=O)C(O)C(O)C(O)CO.O=C(O)C(O)[C@@H](O)C(O)[C@H](O)CO. The number of aliphatic hydroxyl groups excluding tert-OH is 9. The number of carboxylic acid groups (broad SMARTS) is 2. The Labute approximate surface area is 152 Å². The maximum atomic E-state index is 10.5. The van der Waals surface area contributed by atoms with Gasteiger partial charge in [0, 0.05) is 0 Å². The van der Waals surface area contributed by atoms with Gasteiger partial charge in [-0.05, 0) is 0 Å². The minimum atomic E-state index is -2.24. The van der Waals surface area contributed by atoms with Gasteiger partial charge in [0.2, 0.25) is 0 Å². The Morgan fingerprint density at radius 3 is 1.30 bits per heavy atom. The van der Waals surface area contributed by atoms with Gasteiger partial charge in [-0.3, -0.25) is 4.79 Å². The fraction of sp³-hybridized carbons (Fsp3) is 0.769. The third-order valence-corrected chi connectivity index (χ3v) is 2.89. The number of hydrogen-bond acceptors (Lipinski definition) is 12. The fourth-order valence-corrected chi connectivity index (χ4v) is 1.27. The molecular formula is C13H26O14. The largest absolute Gasteiger partial charge is 0.479 e. The van der Waals surface area contributed by atoms with E-state index in [1.165, 1.54) is 0 Å². The molecule has 0 aliphatic carbocycles. The summed E-state index contributed by atoms with van der Waals surface area (Å²) in [5, 5.41) is 94.6. The third kappa shape index (κ3) is 10.2. The van der Waals surface area contributed by atoms with Crippen molar-refractivity contribution in [3.05, 3.63) is 0 Å². The van der Waals surface area contributed by atoms with Crippen LogP contribution in [0.2, 0.25) is 0 Å². The molecule has 5 unspecified atom stereocenters. The number of carbonyl (C=O) groups excluding carboxylic acids is 1. The molecule has 0 saturated carbocycles. The van der Waals surface area contributed by atoms with E-state index < -0.39 is 73.7 Å². The first-order valence-electron chi connectivity index (χ1n) is 6.81. The van der Waals surface area contributed by atoms with Gasteiger partial charge in [-0.2, -0.15) is 0 Å². The third-order valence-electron chi connectivity index (χ3n) is 2.89. The van der Waals surface area contributed by atoms with E-state index in [2.05, 4.69) is 0 Å². The van der Waals surface area contributed by atoms with Gasteiger partial charge in [0.1, 0.15) is 30.5 Å². The summed E-state index contributed by atoms with van der Waals surface area (Å²) in [7, 11) is 0. The van der Waals surface area contributed by atoms with Crippen LogP contribution in [0.15, 0.2) is 0 Å². The van der Waals surface area contributed by atoms with Crippen LogP contribution in [0.25, 0.3) is 0 Å². The Balaban J connectivity index is -0.000000411. The Morgan fingerprint density at radius 1 is 0.630 bits per heavy atom. The molecule has 162 valence electrons. The van der Waals surface area contributed by atoms with E-state index in [1.54, 1.807) is 0 Å². The monoisotopic (exact) mass is 406 g/mol. The predicted octanol–water partition coefficient (Wildman–Crippen LogP) is -6.14. The highest BCUT2D eigenvalue weighted by atomic mass is 16.4. The molecule has 0 saturated heterocycles. The molecule has 0 spiro atoms. The zero-order valence-corrected chi connectivity index (χ0v) is 13.1. The van der Waals surface area contributed by atoms with Crippen LogP contribution < -0.4 is 0 Å². The highest BCUT2D eigenvalue weighted by Gasteiger charge is 2.34. The molecule has 0 amide bonds. The molecule has 0 radical (unpaired) electrons. The van der Waals surface area contributed by atoms with Crippen LogP contribution in [0.4, 0.5) is 0 Å². The van der Waals surface area contributed by atoms with Crippen molar-refractivity contribution in [2.75, 3.05) is 13.2 Å². The summed E-state index contributed by atoms with van der Waals surface area (Å²) in [6.45, 7) is -1.73. The van der Waals surface area contributed by atoms with Crippen molar-refractivity contribution in [2.24, 2.45) is 0 Å². The van der Waals surface area contributed by atoms with E-state index in [0.717, 1.165) is 0 Å². The lowest BCUT2D eigenvalue weighted by molar-refractivity contribution is -0.164. The zero-order valence-electron chi connectivity index (χ0n) is 13.1. The second-order valence-electron chi connectivity index (χ2n) is 4.87. The van der Waals surface area contributed by atoms with E-state index in [-0.39, 0.29) is 7.43 Å². The van der Waals surface area contributed by atoms with Gasteiger partial charge in [-0.1, -0.05) is 7.43 Å². The average Bonchev–Trinajstić information content (AvgIpc) is 2.62. The summed E-state index contributed by atoms with van der Waals surface area (Å²) in [6.07, 6.45) is -13.8. The lowest BCUT2D eigenvalue weighted by Gasteiger charge is -2.23. The summed E-state index contributed by atoms with van der Waals surface area (Å²) in [6, 6.07) is 0. The second kappa shape index (κ2) is 14.3. The van der Waals surface area contributed by atoms with Crippen molar-refractivity contribution in [2.45, 2.75) is 50.2 Å². The number of carbonyl (C=O) groups is 3. The van der Waals surface area contributed by atoms with Crippen LogP contribution >= 0.6 is 0 Å². The van der Waals surface area contributed by atoms with Gasteiger partial charge in [0.15, 0.2) is 12.2 Å². The summed E-state index contributed by atoms with van der Waals surface area (Å²) >= 11 is 0. The predicted molar refractivity (Wildman–Crippen MR) is 83.2 cm³/mol. The van der Waals surface area contributed by atoms with Crippen LogP contribution in [0.1, 0.15) is 7.43 Å². The minimum Gasteiger partial charge on any atom is -0.479 e. The van der Waals surface area contributed by atoms with E-state index in [4.69, 9.17) is 56.2 Å². The van der Waals surface area contributed by atoms with Gasteiger partial charge in [0.25, 0.3) is 5.78 Å². The summed E-state index contributed by atoms with van der Waals surface area (Å²) in [4.78, 5) is 30.6. The van der Waals surface area contributed by atoms with Crippen LogP contribution in [-0.4, -0.2) is 130 Å². The van der Waals surface area contributed by atoms with Crippen LogP contribution in [0.5, 0.6) is 0 Å². The summed E-state index contributed by atoms with van der Waals surface area (Å²) in [5.74, 6) is -5.28. The molecule has 14 heteroatoms. The first kappa shape index (κ1) is 30.0. The van der Waals surface area contributed by atoms with Crippen LogP contribution in [0.3, 0.4) is 0 Å². The van der Waals surface area contributed by atoms with Crippen molar-refractivity contribution in [1.82, 2.24) is 0 Å². The summed E-state index contributed by atoms with van der Waals surface area (Å²) < 4.78 is 0. The number of aliphatic carboxylic acids is 2. The summed E-state index contributed by atoms with van der Waals surface area (Å²) in [5.41, 5.74) is 0. The molecule has 11 N–H and O–H groups in total. The molecule has 27 heavy (non-hydrogen) atoms. The molecular weight excluding hydrogens is 380 g/mol. The number of hydrogen-bond donors (Lipinski definition) is 11. The molecule has 0 aliphatic rings. The number of rotatable bonds is 10. The van der Waals surface area contributed by atoms with Gasteiger partial charge >= 0.3 is 11.9 Å². The van der Waals surface area contributed by atoms with Gasteiger partial charge in [0.05, 0.1) is 13.2 Å². The average molecular weight is 406 g/mol. The number of carboxylic acids is 2. The molecule has 0 fully saturated rings. The standard InChI is InChI=1S/C6H12O7.C6H10O7.CH4/c2*7-1-2(8)3(9)4(10)5(11)6(12)13;/h2-5,7-11H,1H2,(H,12,13);2-4,7-10H,1H2,(H,12,13);1H4/t2-,3?,4+,5?;;/m1../s1. The highest BCUT2D eigenvalue weighted by Crippen LogP contribution is 2.05. The van der Waals surface area contributed by atoms with Crippen molar-refractivity contribution >= 4 is 17.7 Å². The lowest BCUT2D eigenvalue weighted by atomic mass is 10.0. The first-order valence-corrected chi connectivity index (χ1v) is 6.81. The van der Waals surface area contributed by atoms with E-state index in [1.807, 2.05) is 0 Å². The molecule has 0 aromatic rings. The molecule has 0 bridgehead atoms. The smallest absolute Gasteiger partial charge is 0.375 e. The van der Waals surface area contributed by atoms with Gasteiger partial charge in [-0.15, -0.1) is 0 Å². The molecule has 7 atom stereocenters. The van der Waals surface area contributed by atoms with Crippen LogP contribution in [-0.2, 0) is 14.4 Å². The van der Waals surface area contributed by atoms with Crippen molar-refractivity contribution < 1.29 is 70.6 Å². The lowest BCUT2D eigenvalue weighted by Crippen LogP contribution is -2.48. The molecule has 14 nitrogen and oxygen atoms in total. The number of ketones is 1. The molecule has 0 rings (SSSR count). The van der Waals surface area contributed by atoms with E-state index >= 15 is 0 Å². The van der Waals surface area contributed by atoms with Crippen molar-refractivity contribution in [1.29, 1.82) is 0 Å². The van der Waals surface area contributed by atoms with Crippen LogP contribution in [0, 0.1) is 0 Å². The first-order chi connectivity index (χ1) is 11.8. The molecule has 0 aliphatic heterocycles. The van der Waals surface area contributed by atoms with Gasteiger partial charge in [-0.25, -0.2) is 9.59 Å². The maximum absolute atomic E-state index is 10.5. The Hall–Kier alpha value is -1.75. The Morgan fingerprint density at radius 2 is 1.00 bits per heavy atom. The minimum absolute atomic E-state index is 0. The Kier molecular flexibility index (Phi) is 15.9. The maximum Gasteiger partial charge on any atom is 0.375 e. The molecule has 0 heterocycles. The van der Waals surface area contributed by atoms with Gasteiger partial charge < -0.3 is 56.2 Å². The number of Topliss-reactive ketones (excluding diaryl/α,β-unsaturated/α-hetero) is 1. The fourth-order valence-electron chi connectivity index (χ4n) is 1.27. The van der Waals surface area contributed by atoms with E-state index in [0.29, 0.717) is 0 Å². The zero-order chi connectivity index (χ0) is 21.2. The van der Waals surface area contributed by atoms with E-state index in [9.17, 15) is 14.4 Å². The Bertz CT molecular complexity index is 454. The van der Waals surface area contributed by atoms with Crippen molar-refractivity contribution in [3.63, 3.8) is 0 Å². The molecule has 0 aromatic heterocycles.